The molecule has 1 atom stereocenters. The number of piperidine rings is 1. The number of benzene rings is 2. The third kappa shape index (κ3) is 9.03. The molecule has 2 saturated heterocycles. The van der Waals surface area contributed by atoms with Crippen LogP contribution in [0.4, 0.5) is 5.69 Å². The highest BCUT2D eigenvalue weighted by atomic mass is 35.5. The first-order valence-corrected chi connectivity index (χ1v) is 12.4. The lowest BCUT2D eigenvalue weighted by Gasteiger charge is -2.37. The van der Waals surface area contributed by atoms with Gasteiger partial charge >= 0.3 is 5.97 Å². The predicted octanol–water partition coefficient (Wildman–Crippen LogP) is 4.77. The molecule has 0 aromatic heterocycles. The number of carbonyl (C=O) groups is 1. The number of nitrogens with one attached hydrogen (secondary N) is 1. The van der Waals surface area contributed by atoms with Crippen LogP contribution < -0.4 is 15.0 Å². The number of halogens is 3. The maximum Gasteiger partial charge on any atom is 0.345 e. The smallest absolute Gasteiger partial charge is 0.345 e. The molecule has 4 rings (SSSR count). The van der Waals surface area contributed by atoms with E-state index in [0.717, 1.165) is 43.3 Å². The summed E-state index contributed by atoms with van der Waals surface area (Å²) in [4.78, 5) is 16.7. The molecule has 2 heterocycles. The molecule has 194 valence electrons. The van der Waals surface area contributed by atoms with Crippen LogP contribution in [-0.4, -0.2) is 67.9 Å². The van der Waals surface area contributed by atoms with E-state index in [-0.39, 0.29) is 31.2 Å². The van der Waals surface area contributed by atoms with E-state index in [1.807, 2.05) is 36.4 Å². The van der Waals surface area contributed by atoms with Gasteiger partial charge in [0.05, 0.1) is 0 Å². The fraction of sp³-hybridized carbons (Fsp3) is 0.500. The van der Waals surface area contributed by atoms with Gasteiger partial charge in [0.1, 0.15) is 5.75 Å². The van der Waals surface area contributed by atoms with Crippen LogP contribution in [0.15, 0.2) is 48.5 Å². The van der Waals surface area contributed by atoms with E-state index < -0.39 is 12.1 Å². The quantitative estimate of drug-likeness (QED) is 0.474. The van der Waals surface area contributed by atoms with Gasteiger partial charge in [-0.25, -0.2) is 4.79 Å². The van der Waals surface area contributed by atoms with Gasteiger partial charge in [-0.15, -0.1) is 24.8 Å². The van der Waals surface area contributed by atoms with E-state index in [2.05, 4.69) is 15.1 Å². The number of rotatable bonds is 9. The van der Waals surface area contributed by atoms with E-state index in [4.69, 9.17) is 16.3 Å². The summed E-state index contributed by atoms with van der Waals surface area (Å²) < 4.78 is 5.80. The SMILES string of the molecule is Cl.Cl.O=C(O)C(Cc1ccc(Cl)cc1)Oc1ccc(N2CCN(CCC3CCNCC3)CC2)cc1. The number of piperazine rings is 1. The minimum atomic E-state index is -0.977. The van der Waals surface area contributed by atoms with E-state index in [1.54, 1.807) is 12.1 Å². The fourth-order valence-electron chi connectivity index (χ4n) is 4.68. The molecule has 0 amide bonds. The van der Waals surface area contributed by atoms with Gasteiger partial charge in [-0.05, 0) is 86.8 Å². The Morgan fingerprint density at radius 3 is 2.23 bits per heavy atom. The molecule has 2 aliphatic heterocycles. The second kappa shape index (κ2) is 14.8. The summed E-state index contributed by atoms with van der Waals surface area (Å²) in [5.74, 6) is 0.474. The first-order valence-electron chi connectivity index (χ1n) is 12.0. The normalized spacial score (nSPS) is 17.7. The number of carboxylic acids is 1. The molecule has 6 nitrogen and oxygen atoms in total. The van der Waals surface area contributed by atoms with Crippen molar-refractivity contribution in [1.82, 2.24) is 10.2 Å². The fourth-order valence-corrected chi connectivity index (χ4v) is 4.80. The molecule has 0 bridgehead atoms. The Bertz CT molecular complexity index is 885. The molecule has 2 fully saturated rings. The van der Waals surface area contributed by atoms with Crippen LogP contribution in [0, 0.1) is 5.92 Å². The molecular weight excluding hydrogens is 509 g/mol. The molecule has 2 aromatic rings. The number of nitrogens with zero attached hydrogens (tertiary/aromatic N) is 2. The number of hydrogen-bond donors (Lipinski definition) is 2. The van der Waals surface area contributed by atoms with Crippen molar-refractivity contribution < 1.29 is 14.6 Å². The molecule has 1 unspecified atom stereocenters. The van der Waals surface area contributed by atoms with Gasteiger partial charge in [0.15, 0.2) is 6.10 Å². The zero-order valence-electron chi connectivity index (χ0n) is 19.9. The highest BCUT2D eigenvalue weighted by Gasteiger charge is 2.22. The predicted molar refractivity (Wildman–Crippen MR) is 147 cm³/mol. The number of carboxylic acid groups (broad SMARTS) is 1. The van der Waals surface area contributed by atoms with Crippen LogP contribution in [0.5, 0.6) is 5.75 Å². The van der Waals surface area contributed by atoms with Crippen molar-refractivity contribution in [2.24, 2.45) is 5.92 Å². The second-order valence-corrected chi connectivity index (χ2v) is 9.52. The van der Waals surface area contributed by atoms with Crippen LogP contribution in [-0.2, 0) is 11.2 Å². The van der Waals surface area contributed by atoms with Gasteiger partial charge in [-0.3, -0.25) is 4.90 Å². The van der Waals surface area contributed by atoms with E-state index >= 15 is 0 Å². The third-order valence-corrected chi connectivity index (χ3v) is 7.03. The van der Waals surface area contributed by atoms with Gasteiger partial charge in [0.25, 0.3) is 0 Å². The summed E-state index contributed by atoms with van der Waals surface area (Å²) in [6, 6.07) is 15.0. The van der Waals surface area contributed by atoms with Gasteiger partial charge in [-0.2, -0.15) is 0 Å². The molecule has 2 aliphatic rings. The van der Waals surface area contributed by atoms with Crippen LogP contribution in [0.1, 0.15) is 24.8 Å². The van der Waals surface area contributed by atoms with Crippen LogP contribution in [0.3, 0.4) is 0 Å². The van der Waals surface area contributed by atoms with Crippen molar-refractivity contribution in [1.29, 1.82) is 0 Å². The van der Waals surface area contributed by atoms with Crippen LogP contribution in [0.2, 0.25) is 5.02 Å². The Hall–Kier alpha value is -1.70. The van der Waals surface area contributed by atoms with Crippen molar-refractivity contribution in [3.05, 3.63) is 59.1 Å². The molecule has 0 radical (unpaired) electrons. The van der Waals surface area contributed by atoms with Gasteiger partial charge < -0.3 is 20.1 Å². The average molecular weight is 545 g/mol. The molecule has 2 N–H and O–H groups in total. The monoisotopic (exact) mass is 543 g/mol. The largest absolute Gasteiger partial charge is 0.478 e. The van der Waals surface area contributed by atoms with Crippen molar-refractivity contribution in [3.8, 4) is 5.75 Å². The summed E-state index contributed by atoms with van der Waals surface area (Å²) in [5.41, 5.74) is 2.03. The van der Waals surface area contributed by atoms with Gasteiger partial charge in [0, 0.05) is 43.3 Å². The second-order valence-electron chi connectivity index (χ2n) is 9.08. The highest BCUT2D eigenvalue weighted by Crippen LogP contribution is 2.23. The lowest BCUT2D eigenvalue weighted by molar-refractivity contribution is -0.145. The maximum atomic E-state index is 11.7. The molecule has 2 aromatic carbocycles. The van der Waals surface area contributed by atoms with Crippen LogP contribution in [0.25, 0.3) is 0 Å². The standard InChI is InChI=1S/C26H34ClN3O3.2ClH/c27-22-3-1-21(2-4-22)19-25(26(31)32)33-24-7-5-23(6-8-24)30-17-15-29(16-18-30)14-11-20-9-12-28-13-10-20;;/h1-8,20,25,28H,9-19H2,(H,31,32);2*1H. The van der Waals surface area contributed by atoms with Crippen molar-refractivity contribution in [2.45, 2.75) is 31.8 Å². The van der Waals surface area contributed by atoms with Gasteiger partial charge in [-0.1, -0.05) is 23.7 Å². The molecule has 0 saturated carbocycles. The zero-order chi connectivity index (χ0) is 23.0. The number of ether oxygens (including phenoxy) is 1. The third-order valence-electron chi connectivity index (χ3n) is 6.77. The maximum absolute atomic E-state index is 11.7. The molecule has 0 aliphatic carbocycles. The van der Waals surface area contributed by atoms with Crippen molar-refractivity contribution in [2.75, 3.05) is 50.7 Å². The molecule has 9 heteroatoms. The number of hydrogen-bond acceptors (Lipinski definition) is 5. The van der Waals surface area contributed by atoms with Crippen molar-refractivity contribution >= 4 is 48.1 Å². The Labute approximate surface area is 225 Å². The minimum Gasteiger partial charge on any atom is -0.478 e. The molecular formula is C26H36Cl3N3O3. The Morgan fingerprint density at radius 2 is 1.63 bits per heavy atom. The molecule has 0 spiro atoms. The van der Waals surface area contributed by atoms with Crippen molar-refractivity contribution in [3.63, 3.8) is 0 Å². The highest BCUT2D eigenvalue weighted by molar-refractivity contribution is 6.30. The van der Waals surface area contributed by atoms with E-state index in [0.29, 0.717) is 10.8 Å². The zero-order valence-corrected chi connectivity index (χ0v) is 22.3. The van der Waals surface area contributed by atoms with Crippen LogP contribution >= 0.6 is 36.4 Å². The number of anilines is 1. The van der Waals surface area contributed by atoms with Gasteiger partial charge in [0.2, 0.25) is 0 Å². The summed E-state index contributed by atoms with van der Waals surface area (Å²) in [6.45, 7) is 7.76. The first-order chi connectivity index (χ1) is 16.1. The Kier molecular flexibility index (Phi) is 12.5. The van der Waals surface area contributed by atoms with E-state index in [1.165, 1.54) is 38.9 Å². The topological polar surface area (TPSA) is 65.0 Å². The minimum absolute atomic E-state index is 0. The lowest BCUT2D eigenvalue weighted by atomic mass is 9.94. The average Bonchev–Trinajstić information content (AvgIpc) is 2.85. The number of aliphatic carboxylic acids is 1. The Morgan fingerprint density at radius 1 is 1.00 bits per heavy atom. The summed E-state index contributed by atoms with van der Waals surface area (Å²) in [6.07, 6.45) is 3.29. The van der Waals surface area contributed by atoms with E-state index in [9.17, 15) is 9.90 Å². The molecule has 35 heavy (non-hydrogen) atoms. The summed E-state index contributed by atoms with van der Waals surface area (Å²) >= 11 is 5.92. The lowest BCUT2D eigenvalue weighted by Crippen LogP contribution is -2.47. The first kappa shape index (κ1) is 29.5. The summed E-state index contributed by atoms with van der Waals surface area (Å²) in [7, 11) is 0. The summed E-state index contributed by atoms with van der Waals surface area (Å²) in [5, 5.41) is 13.7. The Balaban J connectivity index is 0.00000216.